The minimum absolute atomic E-state index is 0.679. The molecule has 0 aliphatic heterocycles. The fourth-order valence-electron chi connectivity index (χ4n) is 1.96. The minimum atomic E-state index is 0.679. The first-order chi connectivity index (χ1) is 9.72. The maximum atomic E-state index is 8.77. The molecule has 100 valence electrons. The lowest BCUT2D eigenvalue weighted by Gasteiger charge is -2.05. The fourth-order valence-corrected chi connectivity index (χ4v) is 1.96. The van der Waals surface area contributed by atoms with Gasteiger partial charge in [0.05, 0.1) is 12.7 Å². The summed E-state index contributed by atoms with van der Waals surface area (Å²) >= 11 is 0. The summed E-state index contributed by atoms with van der Waals surface area (Å²) in [5, 5.41) is 8.77. The summed E-state index contributed by atoms with van der Waals surface area (Å²) in [6.45, 7) is 4.46. The molecule has 2 rings (SSSR count). The SMILES string of the molecule is CCOc1ccc(-c2ccc(/C=C(/C)C#N)cc2)cc1. The molecule has 0 saturated carbocycles. The Morgan fingerprint density at radius 3 is 2.10 bits per heavy atom. The Morgan fingerprint density at radius 1 is 1.05 bits per heavy atom. The van der Waals surface area contributed by atoms with Crippen LogP contribution in [-0.2, 0) is 0 Å². The minimum Gasteiger partial charge on any atom is -0.494 e. The first-order valence-electron chi connectivity index (χ1n) is 6.64. The van der Waals surface area contributed by atoms with Crippen molar-refractivity contribution in [1.82, 2.24) is 0 Å². The lowest BCUT2D eigenvalue weighted by Crippen LogP contribution is -1.90. The van der Waals surface area contributed by atoms with Crippen LogP contribution in [0.4, 0.5) is 0 Å². The molecule has 0 saturated heterocycles. The quantitative estimate of drug-likeness (QED) is 0.750. The van der Waals surface area contributed by atoms with E-state index in [9.17, 15) is 0 Å². The van der Waals surface area contributed by atoms with Crippen LogP contribution in [0.25, 0.3) is 17.2 Å². The van der Waals surface area contributed by atoms with E-state index in [4.69, 9.17) is 10.00 Å². The van der Waals surface area contributed by atoms with E-state index in [1.54, 1.807) is 6.92 Å². The highest BCUT2D eigenvalue weighted by molar-refractivity contribution is 5.67. The van der Waals surface area contributed by atoms with E-state index in [-0.39, 0.29) is 0 Å². The van der Waals surface area contributed by atoms with Gasteiger partial charge in [0.15, 0.2) is 0 Å². The standard InChI is InChI=1S/C18H17NO/c1-3-20-18-10-8-17(9-11-18)16-6-4-15(5-7-16)12-14(2)13-19/h4-12H,3H2,1-2H3/b14-12-. The van der Waals surface area contributed by atoms with Crippen LogP contribution in [-0.4, -0.2) is 6.61 Å². The molecule has 2 aromatic rings. The third kappa shape index (κ3) is 3.49. The van der Waals surface area contributed by atoms with Crippen LogP contribution in [0.15, 0.2) is 54.1 Å². The van der Waals surface area contributed by atoms with Gasteiger partial charge in [0.25, 0.3) is 0 Å². The molecule has 2 nitrogen and oxygen atoms in total. The van der Waals surface area contributed by atoms with Gasteiger partial charge in [-0.2, -0.15) is 5.26 Å². The zero-order valence-electron chi connectivity index (χ0n) is 11.8. The molecule has 0 aliphatic carbocycles. The van der Waals surface area contributed by atoms with Crippen LogP contribution in [0.3, 0.4) is 0 Å². The zero-order valence-corrected chi connectivity index (χ0v) is 11.8. The van der Waals surface area contributed by atoms with Gasteiger partial charge in [-0.05, 0) is 48.7 Å². The van der Waals surface area contributed by atoms with Crippen LogP contribution in [0.2, 0.25) is 0 Å². The average Bonchev–Trinajstić information content (AvgIpc) is 2.49. The number of hydrogen-bond acceptors (Lipinski definition) is 2. The van der Waals surface area contributed by atoms with Crippen molar-refractivity contribution < 1.29 is 4.74 Å². The molecule has 0 unspecified atom stereocenters. The molecule has 2 aromatic carbocycles. The van der Waals surface area contributed by atoms with E-state index < -0.39 is 0 Å². The van der Waals surface area contributed by atoms with Gasteiger partial charge in [0.1, 0.15) is 5.75 Å². The first-order valence-corrected chi connectivity index (χ1v) is 6.64. The van der Waals surface area contributed by atoms with E-state index in [1.165, 1.54) is 0 Å². The van der Waals surface area contributed by atoms with Gasteiger partial charge in [-0.15, -0.1) is 0 Å². The number of ether oxygens (including phenoxy) is 1. The lowest BCUT2D eigenvalue weighted by molar-refractivity contribution is 0.340. The molecular weight excluding hydrogens is 246 g/mol. The summed E-state index contributed by atoms with van der Waals surface area (Å²) in [5.74, 6) is 0.889. The maximum absolute atomic E-state index is 8.77. The van der Waals surface area contributed by atoms with Gasteiger partial charge in [0, 0.05) is 5.57 Å². The van der Waals surface area contributed by atoms with Crippen molar-refractivity contribution in [3.8, 4) is 22.9 Å². The van der Waals surface area contributed by atoms with Crippen LogP contribution in [0, 0.1) is 11.3 Å². The van der Waals surface area contributed by atoms with Gasteiger partial charge in [0.2, 0.25) is 0 Å². The monoisotopic (exact) mass is 263 g/mol. The van der Waals surface area contributed by atoms with E-state index in [2.05, 4.69) is 30.3 Å². The zero-order chi connectivity index (χ0) is 14.4. The number of nitriles is 1. The molecule has 0 heterocycles. The molecule has 0 amide bonds. The Kier molecular flexibility index (Phi) is 4.57. The van der Waals surface area contributed by atoms with Crippen LogP contribution < -0.4 is 4.74 Å². The molecule has 0 radical (unpaired) electrons. The summed E-state index contributed by atoms with van der Waals surface area (Å²) in [6.07, 6.45) is 1.88. The molecule has 20 heavy (non-hydrogen) atoms. The molecule has 0 fully saturated rings. The number of rotatable bonds is 4. The highest BCUT2D eigenvalue weighted by Crippen LogP contribution is 2.23. The molecule has 2 heteroatoms. The normalized spacial score (nSPS) is 10.9. The predicted molar refractivity (Wildman–Crippen MR) is 82.3 cm³/mol. The Bertz CT molecular complexity index is 631. The molecule has 0 aliphatic rings. The lowest BCUT2D eigenvalue weighted by atomic mass is 10.0. The van der Waals surface area contributed by atoms with Gasteiger partial charge in [-0.25, -0.2) is 0 Å². The molecule has 0 aromatic heterocycles. The van der Waals surface area contributed by atoms with Crippen molar-refractivity contribution >= 4 is 6.08 Å². The Morgan fingerprint density at radius 2 is 1.60 bits per heavy atom. The molecule has 0 N–H and O–H groups in total. The van der Waals surface area contributed by atoms with Gasteiger partial charge in [-0.3, -0.25) is 0 Å². The van der Waals surface area contributed by atoms with Crippen molar-refractivity contribution in [1.29, 1.82) is 5.26 Å². The van der Waals surface area contributed by atoms with Crippen molar-refractivity contribution in [2.45, 2.75) is 13.8 Å². The third-order valence-corrected chi connectivity index (χ3v) is 2.97. The molecule has 0 spiro atoms. The summed E-state index contributed by atoms with van der Waals surface area (Å²) in [4.78, 5) is 0. The second-order valence-corrected chi connectivity index (χ2v) is 4.52. The largest absolute Gasteiger partial charge is 0.494 e. The van der Waals surface area contributed by atoms with Crippen molar-refractivity contribution in [2.24, 2.45) is 0 Å². The van der Waals surface area contributed by atoms with E-state index in [1.807, 2.05) is 37.3 Å². The van der Waals surface area contributed by atoms with Crippen molar-refractivity contribution in [3.63, 3.8) is 0 Å². The van der Waals surface area contributed by atoms with Crippen LogP contribution in [0.1, 0.15) is 19.4 Å². The number of nitrogens with zero attached hydrogens (tertiary/aromatic N) is 1. The highest BCUT2D eigenvalue weighted by atomic mass is 16.5. The Balaban J connectivity index is 2.19. The van der Waals surface area contributed by atoms with Gasteiger partial charge >= 0.3 is 0 Å². The van der Waals surface area contributed by atoms with Crippen LogP contribution in [0.5, 0.6) is 5.75 Å². The molecule has 0 bridgehead atoms. The smallest absolute Gasteiger partial charge is 0.119 e. The first kappa shape index (κ1) is 13.9. The maximum Gasteiger partial charge on any atom is 0.119 e. The van der Waals surface area contributed by atoms with Gasteiger partial charge in [-0.1, -0.05) is 36.4 Å². The summed E-state index contributed by atoms with van der Waals surface area (Å²) in [7, 11) is 0. The second-order valence-electron chi connectivity index (χ2n) is 4.52. The topological polar surface area (TPSA) is 33.0 Å². The van der Waals surface area contributed by atoms with E-state index in [0.717, 1.165) is 22.4 Å². The number of benzene rings is 2. The van der Waals surface area contributed by atoms with E-state index in [0.29, 0.717) is 12.2 Å². The van der Waals surface area contributed by atoms with Crippen molar-refractivity contribution in [3.05, 3.63) is 59.7 Å². The fraction of sp³-hybridized carbons (Fsp3) is 0.167. The van der Waals surface area contributed by atoms with Crippen molar-refractivity contribution in [2.75, 3.05) is 6.61 Å². The van der Waals surface area contributed by atoms with Crippen LogP contribution >= 0.6 is 0 Å². The highest BCUT2D eigenvalue weighted by Gasteiger charge is 1.99. The number of allylic oxidation sites excluding steroid dienone is 1. The Hall–Kier alpha value is -2.53. The third-order valence-electron chi connectivity index (χ3n) is 2.97. The van der Waals surface area contributed by atoms with E-state index >= 15 is 0 Å². The molecular formula is C18H17NO. The summed E-state index contributed by atoms with van der Waals surface area (Å²) < 4.78 is 5.43. The predicted octanol–water partition coefficient (Wildman–Crippen LogP) is 4.68. The molecule has 0 atom stereocenters. The summed E-state index contributed by atoms with van der Waals surface area (Å²) in [6, 6.07) is 18.4. The second kappa shape index (κ2) is 6.58. The average molecular weight is 263 g/mol. The van der Waals surface area contributed by atoms with Gasteiger partial charge < -0.3 is 4.74 Å². The summed E-state index contributed by atoms with van der Waals surface area (Å²) in [5.41, 5.74) is 4.05. The number of hydrogen-bond donors (Lipinski definition) is 0. The Labute approximate surface area is 119 Å².